The topological polar surface area (TPSA) is 92.5 Å². The first-order valence-electron chi connectivity index (χ1n) is 5.32. The van der Waals surface area contributed by atoms with Crippen LogP contribution in [-0.2, 0) is 4.79 Å². The van der Waals surface area contributed by atoms with Gasteiger partial charge in [0.05, 0.1) is 4.92 Å². The number of benzene rings is 1. The molecule has 1 atom stereocenters. The Bertz CT molecular complexity index is 450. The standard InChI is InChI=1S/C11H14N2O4S/c1-7(2)10(11(14)15)12-18-9-6-4-3-5-8(9)13(16)17/h3-7,10,12H,1-2H3,(H,14,15)/t10-/m1/s1. The molecule has 0 aliphatic heterocycles. The van der Waals surface area contributed by atoms with Crippen LogP contribution in [0.1, 0.15) is 13.8 Å². The molecule has 1 aromatic carbocycles. The minimum atomic E-state index is -0.976. The van der Waals surface area contributed by atoms with Crippen LogP contribution in [0.3, 0.4) is 0 Å². The Morgan fingerprint density at radius 2 is 2.06 bits per heavy atom. The Balaban J connectivity index is 2.79. The van der Waals surface area contributed by atoms with Crippen molar-refractivity contribution >= 4 is 23.6 Å². The van der Waals surface area contributed by atoms with Crippen molar-refractivity contribution in [3.8, 4) is 0 Å². The van der Waals surface area contributed by atoms with Crippen LogP contribution < -0.4 is 4.72 Å². The van der Waals surface area contributed by atoms with Gasteiger partial charge in [-0.15, -0.1) is 0 Å². The number of nitro groups is 1. The summed E-state index contributed by atoms with van der Waals surface area (Å²) in [5.74, 6) is -1.09. The fourth-order valence-corrected chi connectivity index (χ4v) is 2.31. The predicted molar refractivity (Wildman–Crippen MR) is 68.4 cm³/mol. The Morgan fingerprint density at radius 1 is 1.44 bits per heavy atom. The lowest BCUT2D eigenvalue weighted by molar-refractivity contribution is -0.387. The summed E-state index contributed by atoms with van der Waals surface area (Å²) in [4.78, 5) is 21.7. The van der Waals surface area contributed by atoms with Crippen molar-refractivity contribution in [1.82, 2.24) is 4.72 Å². The van der Waals surface area contributed by atoms with Crippen LogP contribution in [-0.4, -0.2) is 22.0 Å². The molecule has 0 aromatic heterocycles. The zero-order chi connectivity index (χ0) is 13.7. The second kappa shape index (κ2) is 6.36. The minimum absolute atomic E-state index is 0.0390. The van der Waals surface area contributed by atoms with Crippen molar-refractivity contribution in [2.75, 3.05) is 0 Å². The van der Waals surface area contributed by atoms with Crippen molar-refractivity contribution in [3.63, 3.8) is 0 Å². The molecule has 0 bridgehead atoms. The third-order valence-corrected chi connectivity index (χ3v) is 3.23. The Labute approximate surface area is 109 Å². The number of hydrogen-bond acceptors (Lipinski definition) is 5. The second-order valence-corrected chi connectivity index (χ2v) is 4.88. The molecule has 1 rings (SSSR count). The van der Waals surface area contributed by atoms with Gasteiger partial charge >= 0.3 is 5.97 Å². The van der Waals surface area contributed by atoms with Gasteiger partial charge in [0.2, 0.25) is 0 Å². The lowest BCUT2D eigenvalue weighted by Gasteiger charge is -2.16. The van der Waals surface area contributed by atoms with E-state index < -0.39 is 16.9 Å². The fourth-order valence-electron chi connectivity index (χ4n) is 1.29. The van der Waals surface area contributed by atoms with Gasteiger partial charge in [-0.25, -0.2) is 4.72 Å². The summed E-state index contributed by atoms with van der Waals surface area (Å²) in [5.41, 5.74) is -0.0390. The smallest absolute Gasteiger partial charge is 0.321 e. The van der Waals surface area contributed by atoms with Gasteiger partial charge in [0.1, 0.15) is 10.9 Å². The average Bonchev–Trinajstić information content (AvgIpc) is 2.28. The van der Waals surface area contributed by atoms with Gasteiger partial charge in [-0.2, -0.15) is 0 Å². The molecule has 98 valence electrons. The SMILES string of the molecule is CC(C)[C@@H](NSc1ccccc1[N+](=O)[O-])C(=O)O. The van der Waals surface area contributed by atoms with Crippen LogP contribution in [0.5, 0.6) is 0 Å². The fraction of sp³-hybridized carbons (Fsp3) is 0.364. The number of hydrogen-bond donors (Lipinski definition) is 2. The molecule has 7 heteroatoms. The normalized spacial score (nSPS) is 12.4. The molecule has 2 N–H and O–H groups in total. The molecule has 18 heavy (non-hydrogen) atoms. The van der Waals surface area contributed by atoms with E-state index >= 15 is 0 Å². The maximum atomic E-state index is 11.0. The maximum Gasteiger partial charge on any atom is 0.321 e. The minimum Gasteiger partial charge on any atom is -0.480 e. The van der Waals surface area contributed by atoms with E-state index in [1.165, 1.54) is 6.07 Å². The van der Waals surface area contributed by atoms with Gasteiger partial charge in [-0.1, -0.05) is 26.0 Å². The molecule has 0 amide bonds. The molecule has 0 fully saturated rings. The molecule has 0 unspecified atom stereocenters. The lowest BCUT2D eigenvalue weighted by atomic mass is 10.1. The molecule has 0 radical (unpaired) electrons. The van der Waals surface area contributed by atoms with Crippen LogP contribution in [0.15, 0.2) is 29.2 Å². The number of nitrogens with zero attached hydrogens (tertiary/aromatic N) is 1. The van der Waals surface area contributed by atoms with E-state index in [2.05, 4.69) is 4.72 Å². The summed E-state index contributed by atoms with van der Waals surface area (Å²) in [6.07, 6.45) is 0. The summed E-state index contributed by atoms with van der Waals surface area (Å²) < 4.78 is 2.74. The molecule has 0 aliphatic carbocycles. The van der Waals surface area contributed by atoms with Gasteiger partial charge in [-0.05, 0) is 23.9 Å². The molecule has 0 heterocycles. The highest BCUT2D eigenvalue weighted by atomic mass is 32.2. The molecule has 1 aromatic rings. The number of nitro benzene ring substituents is 1. The van der Waals surface area contributed by atoms with Gasteiger partial charge in [0, 0.05) is 6.07 Å². The molecule has 0 spiro atoms. The molecule has 0 saturated carbocycles. The van der Waals surface area contributed by atoms with Crippen LogP contribution in [0.25, 0.3) is 0 Å². The monoisotopic (exact) mass is 270 g/mol. The number of carbonyl (C=O) groups is 1. The highest BCUT2D eigenvalue weighted by Crippen LogP contribution is 2.27. The number of carboxylic acid groups (broad SMARTS) is 1. The van der Waals surface area contributed by atoms with E-state index in [0.29, 0.717) is 4.90 Å². The van der Waals surface area contributed by atoms with Crippen molar-refractivity contribution in [3.05, 3.63) is 34.4 Å². The van der Waals surface area contributed by atoms with E-state index in [4.69, 9.17) is 5.11 Å². The summed E-state index contributed by atoms with van der Waals surface area (Å²) in [6, 6.07) is 5.45. The van der Waals surface area contributed by atoms with Gasteiger partial charge in [-0.3, -0.25) is 14.9 Å². The lowest BCUT2D eigenvalue weighted by Crippen LogP contribution is -2.36. The summed E-state index contributed by atoms with van der Waals surface area (Å²) in [7, 11) is 0. The molecule has 6 nitrogen and oxygen atoms in total. The molecular formula is C11H14N2O4S. The van der Waals surface area contributed by atoms with E-state index in [0.717, 1.165) is 11.9 Å². The number of para-hydroxylation sites is 1. The largest absolute Gasteiger partial charge is 0.480 e. The first-order chi connectivity index (χ1) is 8.43. The van der Waals surface area contributed by atoms with Crippen molar-refractivity contribution in [2.45, 2.75) is 24.8 Å². The number of nitrogens with one attached hydrogen (secondary N) is 1. The van der Waals surface area contributed by atoms with Crippen molar-refractivity contribution in [2.24, 2.45) is 5.92 Å². The van der Waals surface area contributed by atoms with Crippen LogP contribution >= 0.6 is 11.9 Å². The Kier molecular flexibility index (Phi) is 5.11. The number of carboxylic acids is 1. The Hall–Kier alpha value is -1.60. The average molecular weight is 270 g/mol. The summed E-state index contributed by atoms with van der Waals surface area (Å²) in [5, 5.41) is 19.8. The Morgan fingerprint density at radius 3 is 2.56 bits per heavy atom. The third-order valence-electron chi connectivity index (χ3n) is 2.29. The van der Waals surface area contributed by atoms with E-state index in [-0.39, 0.29) is 11.6 Å². The maximum absolute atomic E-state index is 11.0. The molecule has 0 saturated heterocycles. The van der Waals surface area contributed by atoms with Crippen LogP contribution in [0.4, 0.5) is 5.69 Å². The highest BCUT2D eigenvalue weighted by Gasteiger charge is 2.22. The zero-order valence-electron chi connectivity index (χ0n) is 9.99. The highest BCUT2D eigenvalue weighted by molar-refractivity contribution is 7.97. The first-order valence-corrected chi connectivity index (χ1v) is 6.13. The third kappa shape index (κ3) is 3.71. The number of rotatable bonds is 6. The van der Waals surface area contributed by atoms with Crippen molar-refractivity contribution < 1.29 is 14.8 Å². The summed E-state index contributed by atoms with van der Waals surface area (Å²) in [6.45, 7) is 3.54. The summed E-state index contributed by atoms with van der Waals surface area (Å²) >= 11 is 0.968. The quantitative estimate of drug-likeness (QED) is 0.468. The van der Waals surface area contributed by atoms with E-state index in [1.807, 2.05) is 0 Å². The zero-order valence-corrected chi connectivity index (χ0v) is 10.8. The van der Waals surface area contributed by atoms with Crippen LogP contribution in [0, 0.1) is 16.0 Å². The molecule has 0 aliphatic rings. The van der Waals surface area contributed by atoms with Gasteiger partial charge in [0.15, 0.2) is 0 Å². The van der Waals surface area contributed by atoms with Gasteiger partial charge < -0.3 is 5.11 Å². The van der Waals surface area contributed by atoms with Crippen molar-refractivity contribution in [1.29, 1.82) is 0 Å². The van der Waals surface area contributed by atoms with Crippen LogP contribution in [0.2, 0.25) is 0 Å². The number of aliphatic carboxylic acids is 1. The second-order valence-electron chi connectivity index (χ2n) is 4.00. The van der Waals surface area contributed by atoms with E-state index in [1.54, 1.807) is 32.0 Å². The molecular weight excluding hydrogens is 256 g/mol. The van der Waals surface area contributed by atoms with Gasteiger partial charge in [0.25, 0.3) is 5.69 Å². The first kappa shape index (κ1) is 14.5. The predicted octanol–water partition coefficient (Wildman–Crippen LogP) is 2.30. The van der Waals surface area contributed by atoms with E-state index in [9.17, 15) is 14.9 Å².